The van der Waals surface area contributed by atoms with Crippen molar-refractivity contribution in [1.29, 1.82) is 0 Å². The highest BCUT2D eigenvalue weighted by Gasteiger charge is 2.28. The standard InChI is InChI=1S/C16H36N2/c1-7-15(8-2)12-18(11-5)14-16(9-3,10-4)13-17-6/h15,17H,7-14H2,1-6H3. The Balaban J connectivity index is 4.54. The zero-order chi connectivity index (χ0) is 14.0. The SMILES string of the molecule is CCC(CC)CN(CC)CC(CC)(CC)CNC. The van der Waals surface area contributed by atoms with Crippen LogP contribution in [0.25, 0.3) is 0 Å². The molecule has 0 aliphatic heterocycles. The van der Waals surface area contributed by atoms with Gasteiger partial charge in [-0.1, -0.05) is 47.5 Å². The van der Waals surface area contributed by atoms with Crippen molar-refractivity contribution in [2.45, 2.75) is 60.3 Å². The molecule has 18 heavy (non-hydrogen) atoms. The summed E-state index contributed by atoms with van der Waals surface area (Å²) >= 11 is 0. The first kappa shape index (κ1) is 17.9. The molecule has 0 aliphatic rings. The van der Waals surface area contributed by atoms with Gasteiger partial charge < -0.3 is 10.2 Å². The summed E-state index contributed by atoms with van der Waals surface area (Å²) in [6.07, 6.45) is 5.15. The second-order valence-electron chi connectivity index (χ2n) is 5.75. The summed E-state index contributed by atoms with van der Waals surface area (Å²) in [7, 11) is 2.08. The van der Waals surface area contributed by atoms with Crippen molar-refractivity contribution in [3.05, 3.63) is 0 Å². The van der Waals surface area contributed by atoms with Gasteiger partial charge in [-0.25, -0.2) is 0 Å². The Kier molecular flexibility index (Phi) is 9.76. The molecule has 0 amide bonds. The molecule has 0 heterocycles. The molecule has 0 atom stereocenters. The molecule has 0 saturated carbocycles. The maximum atomic E-state index is 3.39. The van der Waals surface area contributed by atoms with Crippen LogP contribution in [0.5, 0.6) is 0 Å². The lowest BCUT2D eigenvalue weighted by Crippen LogP contribution is -2.44. The molecular weight excluding hydrogens is 220 g/mol. The van der Waals surface area contributed by atoms with Crippen LogP contribution in [0.1, 0.15) is 60.3 Å². The Morgan fingerprint density at radius 2 is 1.56 bits per heavy atom. The maximum absolute atomic E-state index is 3.39. The van der Waals surface area contributed by atoms with Gasteiger partial charge in [0.25, 0.3) is 0 Å². The zero-order valence-corrected chi connectivity index (χ0v) is 13.7. The third-order valence-electron chi connectivity index (χ3n) is 4.73. The minimum Gasteiger partial charge on any atom is -0.319 e. The molecule has 0 fully saturated rings. The average Bonchev–Trinajstić information content (AvgIpc) is 2.42. The van der Waals surface area contributed by atoms with Gasteiger partial charge in [-0.05, 0) is 37.8 Å². The van der Waals surface area contributed by atoms with E-state index in [-0.39, 0.29) is 0 Å². The van der Waals surface area contributed by atoms with Gasteiger partial charge in [0.15, 0.2) is 0 Å². The second-order valence-corrected chi connectivity index (χ2v) is 5.75. The van der Waals surface area contributed by atoms with Crippen LogP contribution in [0, 0.1) is 11.3 Å². The van der Waals surface area contributed by atoms with E-state index in [1.807, 2.05) is 0 Å². The Morgan fingerprint density at radius 1 is 1.00 bits per heavy atom. The highest BCUT2D eigenvalue weighted by molar-refractivity contribution is 4.82. The van der Waals surface area contributed by atoms with Gasteiger partial charge in [-0.3, -0.25) is 0 Å². The highest BCUT2D eigenvalue weighted by Crippen LogP contribution is 2.27. The predicted molar refractivity (Wildman–Crippen MR) is 83.1 cm³/mol. The fourth-order valence-electron chi connectivity index (χ4n) is 2.85. The number of nitrogens with zero attached hydrogens (tertiary/aromatic N) is 1. The van der Waals surface area contributed by atoms with Gasteiger partial charge >= 0.3 is 0 Å². The third-order valence-corrected chi connectivity index (χ3v) is 4.73. The van der Waals surface area contributed by atoms with Crippen molar-refractivity contribution in [1.82, 2.24) is 10.2 Å². The Hall–Kier alpha value is -0.0800. The Labute approximate surface area is 116 Å². The van der Waals surface area contributed by atoms with Gasteiger partial charge in [-0.15, -0.1) is 0 Å². The molecule has 0 aliphatic carbocycles. The first-order valence-corrected chi connectivity index (χ1v) is 7.98. The number of hydrogen-bond donors (Lipinski definition) is 1. The van der Waals surface area contributed by atoms with E-state index in [4.69, 9.17) is 0 Å². The molecule has 2 nitrogen and oxygen atoms in total. The van der Waals surface area contributed by atoms with Gasteiger partial charge in [-0.2, -0.15) is 0 Å². The van der Waals surface area contributed by atoms with Crippen LogP contribution in [-0.4, -0.2) is 38.1 Å². The van der Waals surface area contributed by atoms with Gasteiger partial charge in [0.05, 0.1) is 0 Å². The summed E-state index contributed by atoms with van der Waals surface area (Å²) in [5.74, 6) is 0.867. The molecule has 0 spiro atoms. The van der Waals surface area contributed by atoms with Crippen LogP contribution >= 0.6 is 0 Å². The molecule has 1 N–H and O–H groups in total. The third kappa shape index (κ3) is 5.71. The lowest BCUT2D eigenvalue weighted by molar-refractivity contribution is 0.124. The number of rotatable bonds is 11. The van der Waals surface area contributed by atoms with Gasteiger partial charge in [0.2, 0.25) is 0 Å². The molecule has 0 unspecified atom stereocenters. The molecule has 2 heteroatoms. The van der Waals surface area contributed by atoms with Crippen molar-refractivity contribution in [2.24, 2.45) is 11.3 Å². The number of hydrogen-bond acceptors (Lipinski definition) is 2. The van der Waals surface area contributed by atoms with Crippen LogP contribution in [0.15, 0.2) is 0 Å². The van der Waals surface area contributed by atoms with E-state index in [1.54, 1.807) is 0 Å². The van der Waals surface area contributed by atoms with Crippen LogP contribution in [-0.2, 0) is 0 Å². The number of nitrogens with one attached hydrogen (secondary N) is 1. The molecule has 0 saturated heterocycles. The maximum Gasteiger partial charge on any atom is 0.00499 e. The first-order chi connectivity index (χ1) is 8.61. The molecule has 0 bridgehead atoms. The van der Waals surface area contributed by atoms with Crippen LogP contribution in [0.2, 0.25) is 0 Å². The van der Waals surface area contributed by atoms with E-state index in [9.17, 15) is 0 Å². The molecule has 0 radical (unpaired) electrons. The van der Waals surface area contributed by atoms with Crippen LogP contribution in [0.3, 0.4) is 0 Å². The quantitative estimate of drug-likeness (QED) is 0.605. The first-order valence-electron chi connectivity index (χ1n) is 7.98. The monoisotopic (exact) mass is 256 g/mol. The van der Waals surface area contributed by atoms with E-state index in [0.717, 1.165) is 12.5 Å². The average molecular weight is 256 g/mol. The normalized spacial score (nSPS) is 12.7. The van der Waals surface area contributed by atoms with Crippen molar-refractivity contribution in [3.63, 3.8) is 0 Å². The molecule has 0 aromatic carbocycles. The summed E-state index contributed by atoms with van der Waals surface area (Å²) in [6.45, 7) is 16.5. The lowest BCUT2D eigenvalue weighted by atomic mass is 9.81. The minimum atomic E-state index is 0.455. The van der Waals surface area contributed by atoms with E-state index in [2.05, 4.69) is 51.9 Å². The van der Waals surface area contributed by atoms with Crippen molar-refractivity contribution in [2.75, 3.05) is 33.2 Å². The topological polar surface area (TPSA) is 15.3 Å². The summed E-state index contributed by atoms with van der Waals surface area (Å²) in [4.78, 5) is 2.67. The van der Waals surface area contributed by atoms with E-state index < -0.39 is 0 Å². The van der Waals surface area contributed by atoms with Crippen molar-refractivity contribution in [3.8, 4) is 0 Å². The van der Waals surface area contributed by atoms with Crippen molar-refractivity contribution >= 4 is 0 Å². The lowest BCUT2D eigenvalue weighted by Gasteiger charge is -2.38. The molecule has 0 aromatic rings. The van der Waals surface area contributed by atoms with Crippen molar-refractivity contribution < 1.29 is 0 Å². The molecule has 0 rings (SSSR count). The smallest absolute Gasteiger partial charge is 0.00499 e. The van der Waals surface area contributed by atoms with E-state index >= 15 is 0 Å². The summed E-state index contributed by atoms with van der Waals surface area (Å²) in [5, 5.41) is 3.39. The largest absolute Gasteiger partial charge is 0.319 e. The van der Waals surface area contributed by atoms with Crippen LogP contribution < -0.4 is 5.32 Å². The predicted octanol–water partition coefficient (Wildman–Crippen LogP) is 3.77. The summed E-state index contributed by atoms with van der Waals surface area (Å²) in [5.41, 5.74) is 0.455. The fraction of sp³-hybridized carbons (Fsp3) is 1.00. The highest BCUT2D eigenvalue weighted by atomic mass is 15.1. The fourth-order valence-corrected chi connectivity index (χ4v) is 2.85. The molecule has 0 aromatic heterocycles. The minimum absolute atomic E-state index is 0.455. The van der Waals surface area contributed by atoms with E-state index in [0.29, 0.717) is 5.41 Å². The zero-order valence-electron chi connectivity index (χ0n) is 13.7. The summed E-state index contributed by atoms with van der Waals surface area (Å²) < 4.78 is 0. The van der Waals surface area contributed by atoms with Crippen LogP contribution in [0.4, 0.5) is 0 Å². The molecular formula is C16H36N2. The second kappa shape index (κ2) is 9.80. The van der Waals surface area contributed by atoms with Gasteiger partial charge in [0.1, 0.15) is 0 Å². The van der Waals surface area contributed by atoms with Gasteiger partial charge in [0, 0.05) is 19.6 Å². The van der Waals surface area contributed by atoms with E-state index in [1.165, 1.54) is 45.3 Å². The molecule has 110 valence electrons. The Morgan fingerprint density at radius 3 is 1.89 bits per heavy atom. The summed E-state index contributed by atoms with van der Waals surface area (Å²) in [6, 6.07) is 0. The Bertz CT molecular complexity index is 184.